The molecule has 0 radical (unpaired) electrons. The van der Waals surface area contributed by atoms with E-state index in [2.05, 4.69) is 15.6 Å². The highest BCUT2D eigenvalue weighted by Gasteiger charge is 2.20. The normalized spacial score (nSPS) is 11.0. The van der Waals surface area contributed by atoms with Crippen LogP contribution in [0.25, 0.3) is 11.1 Å². The van der Waals surface area contributed by atoms with E-state index in [-0.39, 0.29) is 11.8 Å². The van der Waals surface area contributed by atoms with Crippen LogP contribution in [0.3, 0.4) is 0 Å². The summed E-state index contributed by atoms with van der Waals surface area (Å²) in [4.78, 5) is 16.4. The number of pyridine rings is 1. The largest absolute Gasteiger partial charge is 0.334 e. The average Bonchev–Trinajstić information content (AvgIpc) is 2.85. The molecule has 4 rings (SSSR count). The molecule has 0 saturated heterocycles. The summed E-state index contributed by atoms with van der Waals surface area (Å²) < 4.78 is 26.4. The van der Waals surface area contributed by atoms with Crippen molar-refractivity contribution in [2.45, 2.75) is 17.2 Å². The van der Waals surface area contributed by atoms with Crippen molar-refractivity contribution in [3.63, 3.8) is 0 Å². The fourth-order valence-corrected chi connectivity index (χ4v) is 5.03. The van der Waals surface area contributed by atoms with Gasteiger partial charge in [0.05, 0.1) is 10.6 Å². The quantitative estimate of drug-likeness (QED) is 0.407. The molecule has 6 nitrogen and oxygen atoms in total. The maximum Gasteiger partial charge on any atom is 0.319 e. The Balaban J connectivity index is 1.42. The molecule has 0 bridgehead atoms. The van der Waals surface area contributed by atoms with Crippen LogP contribution < -0.4 is 10.6 Å². The van der Waals surface area contributed by atoms with E-state index in [9.17, 15) is 13.2 Å². The van der Waals surface area contributed by atoms with Gasteiger partial charge in [0.25, 0.3) is 0 Å². The summed E-state index contributed by atoms with van der Waals surface area (Å²) >= 11 is 0. The molecule has 33 heavy (non-hydrogen) atoms. The first-order valence-corrected chi connectivity index (χ1v) is 12.1. The Bertz CT molecular complexity index is 1320. The first kappa shape index (κ1) is 22.2. The molecule has 0 unspecified atom stereocenters. The molecule has 0 aliphatic rings. The van der Waals surface area contributed by atoms with E-state index >= 15 is 0 Å². The number of urea groups is 1. The van der Waals surface area contributed by atoms with Gasteiger partial charge in [-0.2, -0.15) is 0 Å². The Morgan fingerprint density at radius 2 is 1.52 bits per heavy atom. The molecule has 1 aromatic heterocycles. The van der Waals surface area contributed by atoms with E-state index in [1.54, 1.807) is 54.9 Å². The number of amides is 2. The third kappa shape index (κ3) is 5.84. The lowest BCUT2D eigenvalue weighted by Gasteiger charge is -2.12. The Morgan fingerprint density at radius 3 is 2.24 bits per heavy atom. The second kappa shape index (κ2) is 10.1. The SMILES string of the molecule is O=C(NCc1cccnc1)Nc1ccc(CS(=O)(=O)c2ccccc2-c2ccccc2)cc1. The van der Waals surface area contributed by atoms with E-state index < -0.39 is 9.84 Å². The Labute approximate surface area is 193 Å². The number of nitrogens with one attached hydrogen (secondary N) is 2. The molecular formula is C26H23N3O3S. The Kier molecular flexibility index (Phi) is 6.80. The molecule has 2 N–H and O–H groups in total. The zero-order valence-electron chi connectivity index (χ0n) is 17.8. The molecule has 0 spiro atoms. The minimum atomic E-state index is -3.57. The molecule has 3 aromatic carbocycles. The standard InChI is InChI=1S/C26H23N3O3S/c30-26(28-18-21-7-6-16-27-17-21)29-23-14-12-20(13-15-23)19-33(31,32)25-11-5-4-10-24(25)22-8-2-1-3-9-22/h1-17H,18-19H2,(H2,28,29,30). The van der Waals surface area contributed by atoms with Crippen molar-refractivity contribution in [2.24, 2.45) is 0 Å². The molecule has 1 heterocycles. The zero-order chi connectivity index (χ0) is 23.1. The third-order valence-electron chi connectivity index (χ3n) is 5.05. The first-order chi connectivity index (χ1) is 16.0. The monoisotopic (exact) mass is 457 g/mol. The number of aromatic nitrogens is 1. The Morgan fingerprint density at radius 1 is 0.788 bits per heavy atom. The number of carbonyl (C=O) groups is 1. The molecule has 4 aromatic rings. The van der Waals surface area contributed by atoms with E-state index in [1.807, 2.05) is 48.5 Å². The van der Waals surface area contributed by atoms with Gasteiger partial charge in [0, 0.05) is 30.2 Å². The molecule has 0 fully saturated rings. The van der Waals surface area contributed by atoms with Gasteiger partial charge in [-0.1, -0.05) is 66.7 Å². The number of nitrogens with zero attached hydrogens (tertiary/aromatic N) is 1. The molecule has 7 heteroatoms. The lowest BCUT2D eigenvalue weighted by Crippen LogP contribution is -2.28. The number of sulfone groups is 1. The molecule has 0 saturated carbocycles. The molecule has 0 aliphatic carbocycles. The third-order valence-corrected chi connectivity index (χ3v) is 6.79. The van der Waals surface area contributed by atoms with Crippen LogP contribution in [-0.4, -0.2) is 19.4 Å². The number of anilines is 1. The van der Waals surface area contributed by atoms with Gasteiger partial charge in [-0.05, 0) is 41.0 Å². The minimum absolute atomic E-state index is 0.135. The Hall–Kier alpha value is -3.97. The van der Waals surface area contributed by atoms with Crippen molar-refractivity contribution < 1.29 is 13.2 Å². The summed E-state index contributed by atoms with van der Waals surface area (Å²) in [6.07, 6.45) is 3.36. The highest BCUT2D eigenvalue weighted by Crippen LogP contribution is 2.29. The van der Waals surface area contributed by atoms with Gasteiger partial charge in [0.15, 0.2) is 9.84 Å². The van der Waals surface area contributed by atoms with Crippen molar-refractivity contribution in [2.75, 3.05) is 5.32 Å². The predicted octanol–water partition coefficient (Wildman–Crippen LogP) is 5.04. The van der Waals surface area contributed by atoms with Gasteiger partial charge < -0.3 is 10.6 Å². The zero-order valence-corrected chi connectivity index (χ0v) is 18.6. The van der Waals surface area contributed by atoms with Crippen molar-refractivity contribution >= 4 is 21.6 Å². The minimum Gasteiger partial charge on any atom is -0.334 e. The highest BCUT2D eigenvalue weighted by atomic mass is 32.2. The van der Waals surface area contributed by atoms with Crippen LogP contribution in [0.5, 0.6) is 0 Å². The predicted molar refractivity (Wildman–Crippen MR) is 129 cm³/mol. The summed E-state index contributed by atoms with van der Waals surface area (Å²) in [5.74, 6) is -0.135. The van der Waals surface area contributed by atoms with Crippen LogP contribution >= 0.6 is 0 Å². The van der Waals surface area contributed by atoms with Crippen LogP contribution in [0.2, 0.25) is 0 Å². The summed E-state index contributed by atoms with van der Waals surface area (Å²) in [6.45, 7) is 0.358. The molecule has 2 amide bonds. The molecular weight excluding hydrogens is 434 g/mol. The summed E-state index contributed by atoms with van der Waals surface area (Å²) in [7, 11) is -3.57. The number of hydrogen-bond donors (Lipinski definition) is 2. The van der Waals surface area contributed by atoms with Crippen molar-refractivity contribution in [3.8, 4) is 11.1 Å². The van der Waals surface area contributed by atoms with Gasteiger partial charge in [-0.3, -0.25) is 4.98 Å². The molecule has 0 aliphatic heterocycles. The van der Waals surface area contributed by atoms with E-state index in [0.29, 0.717) is 28.3 Å². The summed E-state index contributed by atoms with van der Waals surface area (Å²) in [5.41, 5.74) is 3.64. The molecule has 0 atom stereocenters. The highest BCUT2D eigenvalue weighted by molar-refractivity contribution is 7.90. The fourth-order valence-electron chi connectivity index (χ4n) is 3.44. The maximum absolute atomic E-state index is 13.2. The van der Waals surface area contributed by atoms with Gasteiger partial charge in [-0.15, -0.1) is 0 Å². The smallest absolute Gasteiger partial charge is 0.319 e. The summed E-state index contributed by atoms with van der Waals surface area (Å²) in [5, 5.41) is 5.50. The lowest BCUT2D eigenvalue weighted by molar-refractivity contribution is 0.251. The number of benzene rings is 3. The van der Waals surface area contributed by atoms with Crippen LogP contribution in [0, 0.1) is 0 Å². The number of hydrogen-bond acceptors (Lipinski definition) is 4. The van der Waals surface area contributed by atoms with Crippen molar-refractivity contribution in [1.29, 1.82) is 0 Å². The number of rotatable bonds is 7. The van der Waals surface area contributed by atoms with Crippen molar-refractivity contribution in [1.82, 2.24) is 10.3 Å². The van der Waals surface area contributed by atoms with Gasteiger partial charge in [0.1, 0.15) is 0 Å². The second-order valence-electron chi connectivity index (χ2n) is 7.49. The fraction of sp³-hybridized carbons (Fsp3) is 0.0769. The second-order valence-corrected chi connectivity index (χ2v) is 9.45. The van der Waals surface area contributed by atoms with E-state index in [0.717, 1.165) is 11.1 Å². The van der Waals surface area contributed by atoms with Crippen molar-refractivity contribution in [3.05, 3.63) is 115 Å². The lowest BCUT2D eigenvalue weighted by atomic mass is 10.1. The van der Waals surface area contributed by atoms with Crippen LogP contribution in [0.15, 0.2) is 108 Å². The molecule has 166 valence electrons. The van der Waals surface area contributed by atoms with E-state index in [1.165, 1.54) is 0 Å². The first-order valence-electron chi connectivity index (χ1n) is 10.4. The van der Waals surface area contributed by atoms with Gasteiger partial charge >= 0.3 is 6.03 Å². The maximum atomic E-state index is 13.2. The average molecular weight is 458 g/mol. The number of carbonyl (C=O) groups excluding carboxylic acids is 1. The van der Waals surface area contributed by atoms with Crippen LogP contribution in [0.4, 0.5) is 10.5 Å². The van der Waals surface area contributed by atoms with Crippen LogP contribution in [-0.2, 0) is 22.1 Å². The van der Waals surface area contributed by atoms with Gasteiger partial charge in [0.2, 0.25) is 0 Å². The summed E-state index contributed by atoms with van der Waals surface area (Å²) in [6, 6.07) is 26.6. The topological polar surface area (TPSA) is 88.2 Å². The van der Waals surface area contributed by atoms with Crippen LogP contribution in [0.1, 0.15) is 11.1 Å². The van der Waals surface area contributed by atoms with E-state index in [4.69, 9.17) is 0 Å². The van der Waals surface area contributed by atoms with Gasteiger partial charge in [-0.25, -0.2) is 13.2 Å².